The molecule has 2 aromatic carbocycles. The molecule has 2 aliphatic rings. The lowest BCUT2D eigenvalue weighted by Gasteiger charge is -2.76. The molecule has 7 nitrogen and oxygen atoms in total. The zero-order valence-corrected chi connectivity index (χ0v) is 21.9. The Morgan fingerprint density at radius 1 is 0.881 bits per heavy atom. The van der Waals surface area contributed by atoms with E-state index in [1.165, 1.54) is 29.2 Å². The van der Waals surface area contributed by atoms with Gasteiger partial charge in [0.05, 0.1) is 74.0 Å². The SMILES string of the molecule is [B]C1([B])N(C(=O)C2CC2)C([B])([B])C([B])([B])N(c2cc(Nc3ncn(-c4cccc(F)c4)n3)cc(C(F)(F)F)c2)C1([B])[B]. The van der Waals surface area contributed by atoms with Gasteiger partial charge >= 0.3 is 6.18 Å². The highest BCUT2D eigenvalue weighted by Crippen LogP contribution is 2.48. The second kappa shape index (κ2) is 9.70. The number of alkyl halides is 3. The van der Waals surface area contributed by atoms with E-state index in [0.717, 1.165) is 12.1 Å². The molecule has 1 aromatic heterocycles. The van der Waals surface area contributed by atoms with Crippen molar-refractivity contribution in [2.24, 2.45) is 5.92 Å². The maximum Gasteiger partial charge on any atom is 0.416 e. The molecule has 5 rings (SSSR count). The number of nitrogens with zero attached hydrogens (tertiary/aromatic N) is 5. The third-order valence-electron chi connectivity index (χ3n) is 7.23. The number of benzene rings is 2. The molecule has 16 radical (unpaired) electrons. The smallest absolute Gasteiger partial charge is 0.393 e. The van der Waals surface area contributed by atoms with Crippen LogP contribution in [0.5, 0.6) is 0 Å². The zero-order chi connectivity index (χ0) is 31.0. The Morgan fingerprint density at radius 2 is 1.50 bits per heavy atom. The number of carbonyl (C=O) groups excluding carboxylic acids is 1. The van der Waals surface area contributed by atoms with E-state index >= 15 is 0 Å². The zero-order valence-electron chi connectivity index (χ0n) is 21.9. The van der Waals surface area contributed by atoms with Crippen molar-refractivity contribution in [3.8, 4) is 5.69 Å². The first-order chi connectivity index (χ1) is 19.3. The van der Waals surface area contributed by atoms with Crippen LogP contribution < -0.4 is 10.2 Å². The summed E-state index contributed by atoms with van der Waals surface area (Å²) in [6.45, 7) is 0. The van der Waals surface area contributed by atoms with Crippen LogP contribution in [0.2, 0.25) is 0 Å². The van der Waals surface area contributed by atoms with Crippen LogP contribution in [0.15, 0.2) is 48.8 Å². The molecule has 1 aliphatic carbocycles. The topological polar surface area (TPSA) is 66.3 Å². The average molecular weight is 553 g/mol. The van der Waals surface area contributed by atoms with Crippen molar-refractivity contribution in [2.45, 2.75) is 40.4 Å². The van der Waals surface area contributed by atoms with Crippen molar-refractivity contribution in [1.82, 2.24) is 19.7 Å². The molecule has 0 atom stereocenters. The molecule has 3 aromatic rings. The fourth-order valence-electron chi connectivity index (χ4n) is 4.80. The molecular weight excluding hydrogens is 539 g/mol. The third-order valence-corrected chi connectivity index (χ3v) is 7.23. The Balaban J connectivity index is 1.60. The molecule has 1 N–H and O–H groups in total. The van der Waals surface area contributed by atoms with Crippen molar-refractivity contribution >= 4 is 86.0 Å². The van der Waals surface area contributed by atoms with E-state index in [9.17, 15) is 22.4 Å². The first kappa shape index (κ1) is 30.4. The standard InChI is InChI=1S/C23H14B8F4N6O/c24-20(25)22(28,29)41(17(42)11-4-5-11)23(30,31)21(26,27)40(20)16-7-12(19(33,34)35)6-14(9-16)37-18-36-10-39(38-18)15-3-1-2-13(32)8-15/h1-3,6-11H,4-5H2,(H,37,38). The van der Waals surface area contributed by atoms with Gasteiger partial charge in [-0.1, -0.05) is 6.07 Å². The van der Waals surface area contributed by atoms with Crippen molar-refractivity contribution in [3.05, 3.63) is 60.2 Å². The lowest BCUT2D eigenvalue weighted by atomic mass is 9.26. The predicted octanol–water partition coefficient (Wildman–Crippen LogP) is 0.191. The maximum absolute atomic E-state index is 14.1. The van der Waals surface area contributed by atoms with Gasteiger partial charge in [-0.25, -0.2) is 9.07 Å². The van der Waals surface area contributed by atoms with E-state index in [4.69, 9.17) is 62.8 Å². The molecule has 194 valence electrons. The molecule has 1 saturated carbocycles. The van der Waals surface area contributed by atoms with Crippen LogP contribution in [-0.4, -0.2) is 110 Å². The predicted molar refractivity (Wildman–Crippen MR) is 155 cm³/mol. The van der Waals surface area contributed by atoms with E-state index in [0.29, 0.717) is 34.4 Å². The van der Waals surface area contributed by atoms with Crippen LogP contribution in [0.25, 0.3) is 5.69 Å². The molecule has 0 unspecified atom stereocenters. The lowest BCUT2D eigenvalue weighted by molar-refractivity contribution is -0.138. The van der Waals surface area contributed by atoms with E-state index in [1.807, 2.05) is 0 Å². The van der Waals surface area contributed by atoms with E-state index in [-0.39, 0.29) is 11.6 Å². The fraction of sp³-hybridized carbons (Fsp3) is 0.348. The largest absolute Gasteiger partial charge is 0.416 e. The van der Waals surface area contributed by atoms with Crippen LogP contribution in [0.4, 0.5) is 34.9 Å². The van der Waals surface area contributed by atoms with Gasteiger partial charge in [-0.2, -0.15) is 18.2 Å². The Kier molecular flexibility index (Phi) is 7.01. The van der Waals surface area contributed by atoms with Crippen LogP contribution >= 0.6 is 0 Å². The van der Waals surface area contributed by atoms with Crippen molar-refractivity contribution in [3.63, 3.8) is 0 Å². The summed E-state index contributed by atoms with van der Waals surface area (Å²) < 4.78 is 57.1. The summed E-state index contributed by atoms with van der Waals surface area (Å²) in [4.78, 5) is 18.4. The fourth-order valence-corrected chi connectivity index (χ4v) is 4.80. The summed E-state index contributed by atoms with van der Waals surface area (Å²) in [7, 11) is 50.5. The van der Waals surface area contributed by atoms with Gasteiger partial charge in [0.2, 0.25) is 11.9 Å². The monoisotopic (exact) mass is 554 g/mol. The van der Waals surface area contributed by atoms with Gasteiger partial charge in [-0.3, -0.25) is 4.79 Å². The molecule has 1 amide bonds. The minimum Gasteiger partial charge on any atom is -0.393 e. The van der Waals surface area contributed by atoms with Crippen LogP contribution in [0, 0.1) is 11.7 Å². The Morgan fingerprint density at radius 3 is 2.05 bits per heavy atom. The Hall–Kier alpha value is -3.11. The number of aromatic nitrogens is 3. The van der Waals surface area contributed by atoms with Gasteiger partial charge < -0.3 is 15.1 Å². The van der Waals surface area contributed by atoms with Crippen molar-refractivity contribution in [2.75, 3.05) is 10.2 Å². The molecular formula is C23H14B8F4N6O. The number of halogens is 4. The van der Waals surface area contributed by atoms with Gasteiger partial charge in [-0.15, -0.1) is 5.10 Å². The second-order valence-corrected chi connectivity index (χ2v) is 10.5. The summed E-state index contributed by atoms with van der Waals surface area (Å²) >= 11 is 0. The molecule has 42 heavy (non-hydrogen) atoms. The van der Waals surface area contributed by atoms with E-state index in [2.05, 4.69) is 15.4 Å². The molecule has 0 bridgehead atoms. The molecule has 19 heteroatoms. The average Bonchev–Trinajstić information content (AvgIpc) is 3.61. The summed E-state index contributed by atoms with van der Waals surface area (Å²) in [5.41, 5.74) is -1.62. The van der Waals surface area contributed by atoms with Gasteiger partial charge in [0.1, 0.15) is 12.1 Å². The highest BCUT2D eigenvalue weighted by atomic mass is 19.4. The van der Waals surface area contributed by atoms with Gasteiger partial charge in [0.25, 0.3) is 0 Å². The highest BCUT2D eigenvalue weighted by molar-refractivity contribution is 6.63. The molecule has 1 saturated heterocycles. The Bertz CT molecular complexity index is 1520. The summed E-state index contributed by atoms with van der Waals surface area (Å²) in [5, 5.41) is -3.71. The van der Waals surface area contributed by atoms with Crippen LogP contribution in [0.1, 0.15) is 18.4 Å². The third kappa shape index (κ3) is 4.86. The number of rotatable bonds is 5. The Labute approximate surface area is 250 Å². The summed E-state index contributed by atoms with van der Waals surface area (Å²) in [5.74, 6) is -1.98. The van der Waals surface area contributed by atoms with Crippen LogP contribution in [0.3, 0.4) is 0 Å². The molecule has 2 fully saturated rings. The van der Waals surface area contributed by atoms with Gasteiger partial charge in [0, 0.05) is 17.3 Å². The van der Waals surface area contributed by atoms with Crippen LogP contribution in [-0.2, 0) is 11.0 Å². The number of anilines is 3. The first-order valence-corrected chi connectivity index (χ1v) is 12.4. The minimum absolute atomic E-state index is 0.165. The summed E-state index contributed by atoms with van der Waals surface area (Å²) in [6.07, 6.45) is -2.75. The number of nitrogens with one attached hydrogen (secondary N) is 1. The number of piperazine rings is 1. The number of carbonyl (C=O) groups is 1. The lowest BCUT2D eigenvalue weighted by Crippen LogP contribution is -2.93. The first-order valence-electron chi connectivity index (χ1n) is 12.4. The van der Waals surface area contributed by atoms with Crippen molar-refractivity contribution < 1.29 is 22.4 Å². The van der Waals surface area contributed by atoms with Gasteiger partial charge in [0.15, 0.2) is 0 Å². The van der Waals surface area contributed by atoms with Crippen molar-refractivity contribution in [1.29, 1.82) is 0 Å². The minimum atomic E-state index is -4.91. The second-order valence-electron chi connectivity index (χ2n) is 10.5. The van der Waals surface area contributed by atoms with E-state index in [1.54, 1.807) is 6.07 Å². The number of hydrogen-bond donors (Lipinski definition) is 1. The maximum atomic E-state index is 14.1. The number of amides is 1. The molecule has 2 heterocycles. The van der Waals surface area contributed by atoms with Gasteiger partial charge in [-0.05, 0) is 70.6 Å². The normalized spacial score (nSPS) is 20.7. The quantitative estimate of drug-likeness (QED) is 0.362. The summed E-state index contributed by atoms with van der Waals surface area (Å²) in [6, 6.07) is 7.86. The molecule has 0 spiro atoms. The number of hydrogen-bond acceptors (Lipinski definition) is 5. The molecule has 1 aliphatic heterocycles. The highest BCUT2D eigenvalue weighted by Gasteiger charge is 2.62. The van der Waals surface area contributed by atoms with E-state index < -0.39 is 56.4 Å².